The molecule has 1 N–H and O–H groups in total. The quantitative estimate of drug-likeness (QED) is 0.518. The molecule has 1 unspecified atom stereocenters. The SMILES string of the molecule is CC(C)OC1C=CC=C2Oc3ncccc3C(=CCCN3CCC(O)(c4ccc(Cl)cc4)CC3)C=C21. The van der Waals surface area contributed by atoms with Gasteiger partial charge in [0.15, 0.2) is 0 Å². The number of aromatic nitrogens is 1. The fourth-order valence-electron chi connectivity index (χ4n) is 5.05. The molecule has 1 atom stereocenters. The van der Waals surface area contributed by atoms with Crippen LogP contribution in [0.1, 0.15) is 44.2 Å². The molecule has 2 aliphatic heterocycles. The Morgan fingerprint density at radius 1 is 1.22 bits per heavy atom. The molecular weight excluding hydrogens is 472 g/mol. The predicted molar refractivity (Wildman–Crippen MR) is 144 cm³/mol. The highest BCUT2D eigenvalue weighted by molar-refractivity contribution is 6.30. The maximum atomic E-state index is 11.2. The second-order valence-corrected chi connectivity index (χ2v) is 10.3. The third-order valence-corrected chi connectivity index (χ3v) is 7.27. The van der Waals surface area contributed by atoms with Crippen molar-refractivity contribution in [3.05, 3.63) is 100 Å². The Bertz CT molecular complexity index is 1200. The van der Waals surface area contributed by atoms with Gasteiger partial charge in [0.1, 0.15) is 11.9 Å². The van der Waals surface area contributed by atoms with Crippen molar-refractivity contribution in [2.75, 3.05) is 19.6 Å². The molecule has 0 saturated carbocycles. The van der Waals surface area contributed by atoms with Crippen molar-refractivity contribution >= 4 is 17.2 Å². The Balaban J connectivity index is 1.30. The lowest BCUT2D eigenvalue weighted by molar-refractivity contribution is -0.0254. The smallest absolute Gasteiger partial charge is 0.227 e. The fraction of sp³-hybridized carbons (Fsp3) is 0.367. The van der Waals surface area contributed by atoms with Crippen LogP contribution in [-0.2, 0) is 10.3 Å². The van der Waals surface area contributed by atoms with E-state index in [4.69, 9.17) is 21.1 Å². The lowest BCUT2D eigenvalue weighted by Gasteiger charge is -2.38. The van der Waals surface area contributed by atoms with E-state index in [1.165, 1.54) is 0 Å². The van der Waals surface area contributed by atoms with Gasteiger partial charge < -0.3 is 19.5 Å². The zero-order chi connectivity index (χ0) is 25.1. The first kappa shape index (κ1) is 25.0. The van der Waals surface area contributed by atoms with E-state index < -0.39 is 5.60 Å². The van der Waals surface area contributed by atoms with E-state index in [0.29, 0.717) is 23.7 Å². The number of hydrogen-bond donors (Lipinski definition) is 1. The average Bonchev–Trinajstić information content (AvgIpc) is 3.03. The summed E-state index contributed by atoms with van der Waals surface area (Å²) >= 11 is 6.03. The van der Waals surface area contributed by atoms with Crippen LogP contribution in [0.2, 0.25) is 5.02 Å². The van der Waals surface area contributed by atoms with Crippen molar-refractivity contribution in [2.24, 2.45) is 0 Å². The lowest BCUT2D eigenvalue weighted by atomic mass is 9.84. The van der Waals surface area contributed by atoms with E-state index in [-0.39, 0.29) is 12.2 Å². The molecule has 3 aliphatic rings. The second-order valence-electron chi connectivity index (χ2n) is 9.91. The molecular formula is C30H33ClN2O3. The summed E-state index contributed by atoms with van der Waals surface area (Å²) in [5.41, 5.74) is 3.27. The highest BCUT2D eigenvalue weighted by Gasteiger charge is 2.33. The van der Waals surface area contributed by atoms with Gasteiger partial charge in [-0.1, -0.05) is 42.0 Å². The molecule has 6 heteroatoms. The Morgan fingerprint density at radius 3 is 2.75 bits per heavy atom. The van der Waals surface area contributed by atoms with Crippen LogP contribution in [-0.4, -0.2) is 46.8 Å². The van der Waals surface area contributed by atoms with Gasteiger partial charge in [-0.25, -0.2) is 4.98 Å². The van der Waals surface area contributed by atoms with Crippen LogP contribution >= 0.6 is 11.6 Å². The summed E-state index contributed by atoms with van der Waals surface area (Å²) in [5.74, 6) is 1.40. The van der Waals surface area contributed by atoms with E-state index in [0.717, 1.165) is 54.1 Å². The zero-order valence-corrected chi connectivity index (χ0v) is 21.6. The van der Waals surface area contributed by atoms with Crippen LogP contribution in [0.25, 0.3) is 5.57 Å². The molecule has 36 heavy (non-hydrogen) atoms. The predicted octanol–water partition coefficient (Wildman–Crippen LogP) is 6.06. The molecule has 3 heterocycles. The number of nitrogens with zero attached hydrogens (tertiary/aromatic N) is 2. The van der Waals surface area contributed by atoms with Crippen LogP contribution in [0, 0.1) is 0 Å². The van der Waals surface area contributed by atoms with Gasteiger partial charge in [-0.05, 0) is 80.7 Å². The highest BCUT2D eigenvalue weighted by atomic mass is 35.5. The van der Waals surface area contributed by atoms with Gasteiger partial charge in [0, 0.05) is 42.0 Å². The van der Waals surface area contributed by atoms with Gasteiger partial charge in [-0.2, -0.15) is 0 Å². The molecule has 2 aromatic rings. The lowest BCUT2D eigenvalue weighted by Crippen LogP contribution is -2.42. The van der Waals surface area contributed by atoms with Crippen LogP contribution in [0.15, 0.2) is 84.3 Å². The number of pyridine rings is 1. The summed E-state index contributed by atoms with van der Waals surface area (Å²) in [6.07, 6.45) is 14.5. The van der Waals surface area contributed by atoms with E-state index in [2.05, 4.69) is 34.2 Å². The summed E-state index contributed by atoms with van der Waals surface area (Å²) in [6.45, 7) is 6.72. The molecule has 188 valence electrons. The molecule has 1 aliphatic carbocycles. The summed E-state index contributed by atoms with van der Waals surface area (Å²) in [7, 11) is 0. The van der Waals surface area contributed by atoms with Gasteiger partial charge >= 0.3 is 0 Å². The molecule has 5 nitrogen and oxygen atoms in total. The van der Waals surface area contributed by atoms with Crippen molar-refractivity contribution < 1.29 is 14.6 Å². The number of benzene rings is 1. The molecule has 0 radical (unpaired) electrons. The van der Waals surface area contributed by atoms with Gasteiger partial charge in [-0.3, -0.25) is 0 Å². The standard InChI is InChI=1S/C30H33ClN2O3/c1-21(2)35-27-8-3-9-28-26(27)20-22(25-7-4-16-32-29(25)36-28)6-5-17-33-18-14-30(34,15-19-33)23-10-12-24(31)13-11-23/h3-4,6-13,16,20-21,27,34H,5,14-15,17-19H2,1-2H3. The Hall–Kier alpha value is -2.70. The van der Waals surface area contributed by atoms with E-state index in [1.807, 2.05) is 56.3 Å². The Kier molecular flexibility index (Phi) is 7.44. The third kappa shape index (κ3) is 5.50. The molecule has 1 aromatic carbocycles. The maximum absolute atomic E-state index is 11.2. The highest BCUT2D eigenvalue weighted by Crippen LogP contribution is 2.37. The number of fused-ring (bicyclic) bond motifs is 2. The van der Waals surface area contributed by atoms with Crippen LogP contribution in [0.3, 0.4) is 0 Å². The van der Waals surface area contributed by atoms with Crippen molar-refractivity contribution in [3.63, 3.8) is 0 Å². The molecule has 1 fully saturated rings. The van der Waals surface area contributed by atoms with Gasteiger partial charge in [0.2, 0.25) is 5.88 Å². The molecule has 0 spiro atoms. The van der Waals surface area contributed by atoms with Crippen LogP contribution in [0.4, 0.5) is 0 Å². The normalized spacial score (nSPS) is 22.4. The van der Waals surface area contributed by atoms with Gasteiger partial charge in [0.05, 0.1) is 11.7 Å². The first-order valence-electron chi connectivity index (χ1n) is 12.7. The minimum atomic E-state index is -0.782. The van der Waals surface area contributed by atoms with Crippen LogP contribution in [0.5, 0.6) is 5.88 Å². The molecule has 5 rings (SSSR count). The zero-order valence-electron chi connectivity index (χ0n) is 20.9. The molecule has 1 saturated heterocycles. The molecule has 1 aromatic heterocycles. The number of allylic oxidation sites excluding steroid dienone is 4. The number of rotatable bonds is 6. The summed E-state index contributed by atoms with van der Waals surface area (Å²) in [6, 6.07) is 11.6. The van der Waals surface area contributed by atoms with E-state index >= 15 is 0 Å². The minimum absolute atomic E-state index is 0.0988. The summed E-state index contributed by atoms with van der Waals surface area (Å²) in [4.78, 5) is 6.93. The largest absolute Gasteiger partial charge is 0.438 e. The first-order chi connectivity index (χ1) is 17.4. The van der Waals surface area contributed by atoms with E-state index in [1.54, 1.807) is 6.20 Å². The Morgan fingerprint density at radius 2 is 2.00 bits per heavy atom. The van der Waals surface area contributed by atoms with E-state index in [9.17, 15) is 5.11 Å². The molecule has 0 bridgehead atoms. The topological polar surface area (TPSA) is 54.8 Å². The Labute approximate surface area is 218 Å². The number of piperidine rings is 1. The number of halogens is 1. The minimum Gasteiger partial charge on any atom is -0.438 e. The number of hydrogen-bond acceptors (Lipinski definition) is 5. The third-order valence-electron chi connectivity index (χ3n) is 7.02. The van der Waals surface area contributed by atoms with Crippen molar-refractivity contribution in [1.82, 2.24) is 9.88 Å². The summed E-state index contributed by atoms with van der Waals surface area (Å²) < 4.78 is 12.4. The second kappa shape index (κ2) is 10.7. The first-order valence-corrected chi connectivity index (χ1v) is 13.1. The van der Waals surface area contributed by atoms with Gasteiger partial charge in [-0.15, -0.1) is 0 Å². The number of ether oxygens (including phenoxy) is 2. The van der Waals surface area contributed by atoms with Crippen molar-refractivity contribution in [1.29, 1.82) is 0 Å². The average molecular weight is 505 g/mol. The fourth-order valence-corrected chi connectivity index (χ4v) is 5.18. The number of likely N-dealkylation sites (tertiary alicyclic amines) is 1. The van der Waals surface area contributed by atoms with Crippen molar-refractivity contribution in [2.45, 2.75) is 50.9 Å². The molecule has 0 amide bonds. The monoisotopic (exact) mass is 504 g/mol. The summed E-state index contributed by atoms with van der Waals surface area (Å²) in [5, 5.41) is 11.9. The van der Waals surface area contributed by atoms with Gasteiger partial charge in [0.25, 0.3) is 0 Å². The number of aliphatic hydroxyl groups is 1. The maximum Gasteiger partial charge on any atom is 0.227 e. The van der Waals surface area contributed by atoms with Crippen LogP contribution < -0.4 is 4.74 Å². The van der Waals surface area contributed by atoms with Crippen molar-refractivity contribution in [3.8, 4) is 5.88 Å².